The number of benzene rings is 2. The normalized spacial score (nSPS) is 22.4. The van der Waals surface area contributed by atoms with E-state index in [-0.39, 0.29) is 18.9 Å². The molecule has 2 aromatic carbocycles. The number of aliphatic carboxylic acids is 1. The molecule has 4 rings (SSSR count). The summed E-state index contributed by atoms with van der Waals surface area (Å²) in [6, 6.07) is 10.8. The Morgan fingerprint density at radius 1 is 1.09 bits per heavy atom. The highest BCUT2D eigenvalue weighted by atomic mass is 35.5. The van der Waals surface area contributed by atoms with Crippen molar-refractivity contribution in [1.29, 1.82) is 0 Å². The van der Waals surface area contributed by atoms with E-state index in [1.54, 1.807) is 42.5 Å². The topological polar surface area (TPSA) is 137 Å². The van der Waals surface area contributed by atoms with Crippen molar-refractivity contribution < 1.29 is 33.7 Å². The van der Waals surface area contributed by atoms with Crippen LogP contribution in [0.15, 0.2) is 42.5 Å². The maximum Gasteiger partial charge on any atom is 0.326 e. The first-order valence-corrected chi connectivity index (χ1v) is 11.8. The van der Waals surface area contributed by atoms with Crippen LogP contribution in [0.1, 0.15) is 24.0 Å². The predicted molar refractivity (Wildman–Crippen MR) is 126 cm³/mol. The SMILES string of the molecule is NC(=O)C1O[C@H](C2CC2)[C@H](C(=O)N[C@@H](Cc2ccc(OCc3c(Cl)cccc3Cl)cc2)C(=O)O)O1. The third kappa shape index (κ3) is 6.24. The third-order valence-electron chi connectivity index (χ3n) is 5.85. The number of carboxylic acid groups (broad SMARTS) is 1. The van der Waals surface area contributed by atoms with Gasteiger partial charge in [0, 0.05) is 22.0 Å². The molecule has 0 bridgehead atoms. The van der Waals surface area contributed by atoms with Gasteiger partial charge in [0.05, 0.1) is 6.10 Å². The standard InChI is InChI=1S/C24H24Cl2N2O7/c25-16-2-1-3-17(26)15(16)11-33-14-8-4-12(5-9-14)10-18(23(31)32)28-22(30)20-19(13-6-7-13)34-24(35-20)21(27)29/h1-5,8-9,13,18-20,24H,6-7,10-11H2,(H2,27,29)(H,28,30)(H,31,32)/t18-,19+,20+,24?/m0/s1. The van der Waals surface area contributed by atoms with Crippen LogP contribution in [-0.2, 0) is 36.9 Å². The molecule has 11 heteroatoms. The van der Waals surface area contributed by atoms with E-state index in [2.05, 4.69) is 5.32 Å². The molecule has 1 unspecified atom stereocenters. The Morgan fingerprint density at radius 2 is 1.74 bits per heavy atom. The van der Waals surface area contributed by atoms with E-state index < -0.39 is 42.3 Å². The van der Waals surface area contributed by atoms with Crippen LogP contribution in [-0.4, -0.2) is 47.4 Å². The molecular weight excluding hydrogens is 499 g/mol. The molecule has 1 saturated carbocycles. The van der Waals surface area contributed by atoms with Crippen LogP contribution in [0.2, 0.25) is 10.0 Å². The number of nitrogens with one attached hydrogen (secondary N) is 1. The number of ether oxygens (including phenoxy) is 3. The van der Waals surface area contributed by atoms with Crippen LogP contribution in [0.4, 0.5) is 0 Å². The number of halogens is 2. The molecule has 1 saturated heterocycles. The average Bonchev–Trinajstić information content (AvgIpc) is 3.56. The zero-order valence-electron chi connectivity index (χ0n) is 18.5. The van der Waals surface area contributed by atoms with Crippen LogP contribution < -0.4 is 15.8 Å². The van der Waals surface area contributed by atoms with Crippen molar-refractivity contribution >= 4 is 41.0 Å². The second-order valence-corrected chi connectivity index (χ2v) is 9.28. The van der Waals surface area contributed by atoms with Gasteiger partial charge in [0.25, 0.3) is 11.8 Å². The highest BCUT2D eigenvalue weighted by molar-refractivity contribution is 6.35. The second-order valence-electron chi connectivity index (χ2n) is 8.47. The van der Waals surface area contributed by atoms with Gasteiger partial charge in [0.15, 0.2) is 6.10 Å². The summed E-state index contributed by atoms with van der Waals surface area (Å²) in [5.74, 6) is -2.08. The fourth-order valence-electron chi connectivity index (χ4n) is 3.82. The van der Waals surface area contributed by atoms with Gasteiger partial charge in [-0.25, -0.2) is 4.79 Å². The number of carbonyl (C=O) groups is 3. The van der Waals surface area contributed by atoms with Crippen molar-refractivity contribution in [2.75, 3.05) is 0 Å². The maximum absolute atomic E-state index is 12.8. The third-order valence-corrected chi connectivity index (χ3v) is 6.56. The summed E-state index contributed by atoms with van der Waals surface area (Å²) < 4.78 is 16.6. The Morgan fingerprint density at radius 3 is 2.31 bits per heavy atom. The molecule has 1 heterocycles. The van der Waals surface area contributed by atoms with Crippen LogP contribution in [0.25, 0.3) is 0 Å². The number of amides is 2. The lowest BCUT2D eigenvalue weighted by molar-refractivity contribution is -0.151. The molecule has 4 atom stereocenters. The lowest BCUT2D eigenvalue weighted by Crippen LogP contribution is -2.49. The zero-order chi connectivity index (χ0) is 25.1. The zero-order valence-corrected chi connectivity index (χ0v) is 20.0. The highest BCUT2D eigenvalue weighted by Crippen LogP contribution is 2.40. The van der Waals surface area contributed by atoms with Gasteiger partial charge in [-0.05, 0) is 48.6 Å². The van der Waals surface area contributed by atoms with Gasteiger partial charge >= 0.3 is 5.97 Å². The van der Waals surface area contributed by atoms with Crippen molar-refractivity contribution in [1.82, 2.24) is 5.32 Å². The Bertz CT molecular complexity index is 1090. The van der Waals surface area contributed by atoms with Crippen molar-refractivity contribution in [3.8, 4) is 5.75 Å². The molecule has 4 N–H and O–H groups in total. The molecule has 1 aliphatic carbocycles. The number of hydrogen-bond donors (Lipinski definition) is 3. The first-order valence-electron chi connectivity index (χ1n) is 11.0. The molecular formula is C24H24Cl2N2O7. The van der Waals surface area contributed by atoms with E-state index >= 15 is 0 Å². The van der Waals surface area contributed by atoms with E-state index in [1.807, 2.05) is 0 Å². The predicted octanol–water partition coefficient (Wildman–Crippen LogP) is 2.69. The van der Waals surface area contributed by atoms with Crippen LogP contribution in [0.3, 0.4) is 0 Å². The summed E-state index contributed by atoms with van der Waals surface area (Å²) in [6.07, 6.45) is -1.36. The van der Waals surface area contributed by atoms with Gasteiger partial charge in [-0.15, -0.1) is 0 Å². The largest absolute Gasteiger partial charge is 0.489 e. The number of hydrogen-bond acceptors (Lipinski definition) is 6. The molecule has 186 valence electrons. The molecule has 2 aromatic rings. The van der Waals surface area contributed by atoms with E-state index in [9.17, 15) is 19.5 Å². The molecule has 2 amide bonds. The maximum atomic E-state index is 12.8. The van der Waals surface area contributed by atoms with E-state index in [1.165, 1.54) is 0 Å². The molecule has 0 aromatic heterocycles. The summed E-state index contributed by atoms with van der Waals surface area (Å²) in [5, 5.41) is 13.2. The molecule has 2 aliphatic rings. The molecule has 0 spiro atoms. The molecule has 1 aliphatic heterocycles. The monoisotopic (exact) mass is 522 g/mol. The Balaban J connectivity index is 1.36. The van der Waals surface area contributed by atoms with Crippen LogP contribution in [0, 0.1) is 5.92 Å². The minimum atomic E-state index is -1.33. The van der Waals surface area contributed by atoms with E-state index in [0.717, 1.165) is 12.8 Å². The molecule has 9 nitrogen and oxygen atoms in total. The van der Waals surface area contributed by atoms with Crippen molar-refractivity contribution in [2.24, 2.45) is 11.7 Å². The quantitative estimate of drug-likeness (QED) is 0.436. The first-order chi connectivity index (χ1) is 16.7. The van der Waals surface area contributed by atoms with Gasteiger partial charge in [-0.3, -0.25) is 9.59 Å². The molecule has 0 radical (unpaired) electrons. The fraction of sp³-hybridized carbons (Fsp3) is 0.375. The van der Waals surface area contributed by atoms with Crippen molar-refractivity contribution in [2.45, 2.75) is 50.4 Å². The lowest BCUT2D eigenvalue weighted by Gasteiger charge is -2.20. The summed E-state index contributed by atoms with van der Waals surface area (Å²) >= 11 is 12.3. The minimum Gasteiger partial charge on any atom is -0.489 e. The van der Waals surface area contributed by atoms with Gasteiger partial charge in [-0.1, -0.05) is 41.4 Å². The van der Waals surface area contributed by atoms with Crippen LogP contribution >= 0.6 is 23.2 Å². The number of rotatable bonds is 10. The molecule has 2 fully saturated rings. The Hall–Kier alpha value is -2.85. The average molecular weight is 523 g/mol. The van der Waals surface area contributed by atoms with Crippen molar-refractivity contribution in [3.05, 3.63) is 63.6 Å². The highest BCUT2D eigenvalue weighted by Gasteiger charge is 2.50. The minimum absolute atomic E-state index is 0.0264. The molecule has 35 heavy (non-hydrogen) atoms. The van der Waals surface area contributed by atoms with Gasteiger partial charge in [0.1, 0.15) is 18.4 Å². The number of primary amides is 1. The number of nitrogens with two attached hydrogens (primary N) is 1. The van der Waals surface area contributed by atoms with Crippen molar-refractivity contribution in [3.63, 3.8) is 0 Å². The van der Waals surface area contributed by atoms with E-state index in [4.69, 9.17) is 43.1 Å². The van der Waals surface area contributed by atoms with Gasteiger partial charge in [0.2, 0.25) is 6.29 Å². The van der Waals surface area contributed by atoms with Crippen LogP contribution in [0.5, 0.6) is 5.75 Å². The van der Waals surface area contributed by atoms with E-state index in [0.29, 0.717) is 26.9 Å². The Labute approximate surface area is 211 Å². The smallest absolute Gasteiger partial charge is 0.326 e. The summed E-state index contributed by atoms with van der Waals surface area (Å²) in [6.45, 7) is 0.170. The first kappa shape index (κ1) is 25.2. The number of carbonyl (C=O) groups excluding carboxylic acids is 2. The van der Waals surface area contributed by atoms with Gasteiger partial charge < -0.3 is 30.4 Å². The summed E-state index contributed by atoms with van der Waals surface area (Å²) in [7, 11) is 0. The summed E-state index contributed by atoms with van der Waals surface area (Å²) in [5.41, 5.74) is 6.56. The lowest BCUT2D eigenvalue weighted by atomic mass is 10.0. The number of carboxylic acids is 1. The summed E-state index contributed by atoms with van der Waals surface area (Å²) in [4.78, 5) is 36.1. The second kappa shape index (κ2) is 10.8. The van der Waals surface area contributed by atoms with Gasteiger partial charge in [-0.2, -0.15) is 0 Å². The Kier molecular flexibility index (Phi) is 7.81. The fourth-order valence-corrected chi connectivity index (χ4v) is 4.33.